The van der Waals surface area contributed by atoms with Gasteiger partial charge in [-0.3, -0.25) is 0 Å². The largest absolute Gasteiger partial charge is 0.380 e. The van der Waals surface area contributed by atoms with Gasteiger partial charge in [-0.2, -0.15) is 4.31 Å². The van der Waals surface area contributed by atoms with Crippen LogP contribution in [0.15, 0.2) is 11.0 Å². The fourth-order valence-electron chi connectivity index (χ4n) is 1.47. The molecule has 0 aliphatic rings. The first-order valence-corrected chi connectivity index (χ1v) is 8.42. The Morgan fingerprint density at radius 3 is 2.67 bits per heavy atom. The van der Waals surface area contributed by atoms with E-state index in [1.165, 1.54) is 15.6 Å². The zero-order valence-corrected chi connectivity index (χ0v) is 13.2. The molecule has 0 radical (unpaired) electrons. The second-order valence-electron chi connectivity index (χ2n) is 3.79. The Balaban J connectivity index is 2.87. The van der Waals surface area contributed by atoms with Crippen molar-refractivity contribution in [2.45, 2.75) is 24.6 Å². The number of hydrogen-bond donors (Lipinski definition) is 0. The molecule has 0 saturated carbocycles. The number of thiophene rings is 1. The van der Waals surface area contributed by atoms with Gasteiger partial charge in [0.15, 0.2) is 0 Å². The van der Waals surface area contributed by atoms with Crippen molar-refractivity contribution in [1.82, 2.24) is 4.31 Å². The van der Waals surface area contributed by atoms with Crippen LogP contribution < -0.4 is 0 Å². The van der Waals surface area contributed by atoms with Crippen LogP contribution in [0, 0.1) is 6.92 Å². The maximum absolute atomic E-state index is 12.3. The summed E-state index contributed by atoms with van der Waals surface area (Å²) in [5, 5.41) is 0. The number of sulfonamides is 1. The van der Waals surface area contributed by atoms with Gasteiger partial charge in [-0.1, -0.05) is 0 Å². The molecular weight excluding hydrogens is 294 g/mol. The van der Waals surface area contributed by atoms with Crippen molar-refractivity contribution in [2.24, 2.45) is 0 Å². The number of halogens is 1. The zero-order valence-electron chi connectivity index (χ0n) is 10.8. The normalized spacial score (nSPS) is 12.3. The molecule has 0 fully saturated rings. The van der Waals surface area contributed by atoms with Gasteiger partial charge in [0.1, 0.15) is 0 Å². The number of hydrogen-bond acceptors (Lipinski definition) is 4. The van der Waals surface area contributed by atoms with E-state index in [0.29, 0.717) is 30.5 Å². The molecule has 4 nitrogen and oxygen atoms in total. The van der Waals surface area contributed by atoms with Gasteiger partial charge in [-0.25, -0.2) is 8.42 Å². The highest BCUT2D eigenvalue weighted by Crippen LogP contribution is 2.28. The van der Waals surface area contributed by atoms with Crippen LogP contribution in [0.4, 0.5) is 0 Å². The summed E-state index contributed by atoms with van der Waals surface area (Å²) in [4.78, 5) is 1.99. The van der Waals surface area contributed by atoms with Crippen LogP contribution in [0.5, 0.6) is 0 Å². The fourth-order valence-corrected chi connectivity index (χ4v) is 4.32. The van der Waals surface area contributed by atoms with Gasteiger partial charge >= 0.3 is 0 Å². The second-order valence-corrected chi connectivity index (χ2v) is 7.41. The van der Waals surface area contributed by atoms with Gasteiger partial charge < -0.3 is 4.74 Å². The first-order valence-electron chi connectivity index (χ1n) is 5.62. The highest BCUT2D eigenvalue weighted by molar-refractivity contribution is 7.89. The standard InChI is InChI=1S/C11H18ClNO3S2/c1-4-16-6-5-13(3)18(14,15)11-7-10(8-12)17-9(11)2/h7H,4-6,8H2,1-3H3. The summed E-state index contributed by atoms with van der Waals surface area (Å²) >= 11 is 7.14. The lowest BCUT2D eigenvalue weighted by molar-refractivity contribution is 0.138. The average molecular weight is 312 g/mol. The minimum atomic E-state index is -3.43. The summed E-state index contributed by atoms with van der Waals surface area (Å²) < 4.78 is 31.1. The summed E-state index contributed by atoms with van der Waals surface area (Å²) in [7, 11) is -1.87. The van der Waals surface area contributed by atoms with E-state index in [4.69, 9.17) is 16.3 Å². The van der Waals surface area contributed by atoms with E-state index in [-0.39, 0.29) is 0 Å². The molecule has 104 valence electrons. The van der Waals surface area contributed by atoms with E-state index >= 15 is 0 Å². The second kappa shape index (κ2) is 6.86. The zero-order chi connectivity index (χ0) is 13.8. The number of nitrogens with zero attached hydrogens (tertiary/aromatic N) is 1. The third-order valence-electron chi connectivity index (χ3n) is 2.50. The first kappa shape index (κ1) is 15.9. The van der Waals surface area contributed by atoms with Gasteiger partial charge in [0.05, 0.1) is 17.4 Å². The SMILES string of the molecule is CCOCCN(C)S(=O)(=O)c1cc(CCl)sc1C. The molecule has 0 amide bonds. The highest BCUT2D eigenvalue weighted by atomic mass is 35.5. The number of likely N-dealkylation sites (N-methyl/N-ethyl adjacent to an activating group) is 1. The maximum atomic E-state index is 12.3. The number of alkyl halides is 1. The van der Waals surface area contributed by atoms with Crippen molar-refractivity contribution in [3.05, 3.63) is 15.8 Å². The van der Waals surface area contributed by atoms with Gasteiger partial charge in [0.25, 0.3) is 0 Å². The van der Waals surface area contributed by atoms with E-state index < -0.39 is 10.0 Å². The van der Waals surface area contributed by atoms with Crippen molar-refractivity contribution in [3.8, 4) is 0 Å². The van der Waals surface area contributed by atoms with Crippen LogP contribution >= 0.6 is 22.9 Å². The van der Waals surface area contributed by atoms with E-state index in [2.05, 4.69) is 0 Å². The molecule has 7 heteroatoms. The minimum absolute atomic E-state index is 0.337. The van der Waals surface area contributed by atoms with Crippen LogP contribution in [0.25, 0.3) is 0 Å². The van der Waals surface area contributed by atoms with Crippen molar-refractivity contribution in [3.63, 3.8) is 0 Å². The molecule has 0 bridgehead atoms. The topological polar surface area (TPSA) is 46.6 Å². The number of rotatable bonds is 7. The average Bonchev–Trinajstić information content (AvgIpc) is 2.71. The van der Waals surface area contributed by atoms with Crippen LogP contribution in [0.1, 0.15) is 16.7 Å². The Hall–Kier alpha value is -0.140. The molecule has 1 rings (SSSR count). The summed E-state index contributed by atoms with van der Waals surface area (Å²) in [6.07, 6.45) is 0. The first-order chi connectivity index (χ1) is 8.43. The molecule has 1 aromatic heterocycles. The smallest absolute Gasteiger partial charge is 0.244 e. The van der Waals surface area contributed by atoms with Gasteiger partial charge in [0, 0.05) is 30.0 Å². The van der Waals surface area contributed by atoms with Gasteiger partial charge in [0.2, 0.25) is 10.0 Å². The third kappa shape index (κ3) is 3.68. The molecular formula is C11H18ClNO3S2. The number of ether oxygens (including phenoxy) is 1. The Morgan fingerprint density at radius 2 is 2.17 bits per heavy atom. The van der Waals surface area contributed by atoms with Crippen LogP contribution in [-0.4, -0.2) is 39.5 Å². The van der Waals surface area contributed by atoms with Gasteiger partial charge in [-0.15, -0.1) is 22.9 Å². The predicted octanol–water partition coefficient (Wildman–Crippen LogP) is 2.45. The molecule has 1 aromatic rings. The molecule has 0 spiro atoms. The summed E-state index contributed by atoms with van der Waals surface area (Å²) in [5.41, 5.74) is 0. The van der Waals surface area contributed by atoms with Crippen LogP contribution in [0.2, 0.25) is 0 Å². The lowest BCUT2D eigenvalue weighted by Crippen LogP contribution is -2.30. The van der Waals surface area contributed by atoms with E-state index in [1.807, 2.05) is 6.92 Å². The minimum Gasteiger partial charge on any atom is -0.380 e. The Kier molecular flexibility index (Phi) is 6.07. The maximum Gasteiger partial charge on any atom is 0.244 e. The molecule has 1 heterocycles. The third-order valence-corrected chi connectivity index (χ3v) is 6.11. The molecule has 0 atom stereocenters. The molecule has 0 aliphatic heterocycles. The van der Waals surface area contributed by atoms with Crippen molar-refractivity contribution >= 4 is 33.0 Å². The quantitative estimate of drug-likeness (QED) is 0.574. The number of aryl methyl sites for hydroxylation is 1. The molecule has 0 N–H and O–H groups in total. The highest BCUT2D eigenvalue weighted by Gasteiger charge is 2.24. The predicted molar refractivity (Wildman–Crippen MR) is 74.9 cm³/mol. The van der Waals surface area contributed by atoms with E-state index in [0.717, 1.165) is 9.75 Å². The van der Waals surface area contributed by atoms with Crippen LogP contribution in [0.3, 0.4) is 0 Å². The molecule has 0 unspecified atom stereocenters. The summed E-state index contributed by atoms with van der Waals surface area (Å²) in [6, 6.07) is 1.65. The Bertz CT molecular complexity index is 484. The summed E-state index contributed by atoms with van der Waals surface area (Å²) in [6.45, 7) is 5.01. The molecule has 0 aromatic carbocycles. The van der Waals surface area contributed by atoms with Crippen LogP contribution in [-0.2, 0) is 20.6 Å². The summed E-state index contributed by atoms with van der Waals surface area (Å²) in [5.74, 6) is 0.337. The fraction of sp³-hybridized carbons (Fsp3) is 0.636. The Morgan fingerprint density at radius 1 is 1.50 bits per heavy atom. The lowest BCUT2D eigenvalue weighted by Gasteiger charge is -2.16. The molecule has 0 aliphatic carbocycles. The molecule has 18 heavy (non-hydrogen) atoms. The lowest BCUT2D eigenvalue weighted by atomic mass is 10.4. The van der Waals surface area contributed by atoms with Crippen molar-refractivity contribution < 1.29 is 13.2 Å². The Labute approximate surface area is 118 Å². The van der Waals surface area contributed by atoms with Gasteiger partial charge in [-0.05, 0) is 19.9 Å². The molecule has 0 saturated heterocycles. The van der Waals surface area contributed by atoms with Crippen molar-refractivity contribution in [2.75, 3.05) is 26.8 Å². The van der Waals surface area contributed by atoms with Crippen molar-refractivity contribution in [1.29, 1.82) is 0 Å². The monoisotopic (exact) mass is 311 g/mol. The van der Waals surface area contributed by atoms with E-state index in [1.54, 1.807) is 20.0 Å². The van der Waals surface area contributed by atoms with E-state index in [9.17, 15) is 8.42 Å².